The average molecular weight is 347 g/mol. The fourth-order valence-corrected chi connectivity index (χ4v) is 3.61. The molecule has 0 radical (unpaired) electrons. The standard InChI is InChI=1S/C25H30O/c1-3-19-26-25-17-15-24(16-18-25)23-13-11-22(12-14-23)10-9-21-7-5-20(4-2)6-8-21/h11-18,20-21H,3-8,19H2,1-2H3. The van der Waals surface area contributed by atoms with Crippen molar-refractivity contribution in [3.8, 4) is 28.7 Å². The van der Waals surface area contributed by atoms with Crippen molar-refractivity contribution in [3.05, 3.63) is 54.1 Å². The molecular formula is C25H30O. The summed E-state index contributed by atoms with van der Waals surface area (Å²) < 4.78 is 5.65. The number of ether oxygens (including phenoxy) is 1. The lowest BCUT2D eigenvalue weighted by molar-refractivity contribution is 0.309. The second-order valence-corrected chi connectivity index (χ2v) is 7.35. The Morgan fingerprint density at radius 1 is 0.846 bits per heavy atom. The van der Waals surface area contributed by atoms with Crippen molar-refractivity contribution in [2.45, 2.75) is 52.4 Å². The van der Waals surface area contributed by atoms with Gasteiger partial charge in [-0.15, -0.1) is 0 Å². The summed E-state index contributed by atoms with van der Waals surface area (Å²) in [6.07, 6.45) is 7.61. The quantitative estimate of drug-likeness (QED) is 0.547. The minimum atomic E-state index is 0.591. The molecule has 0 spiro atoms. The van der Waals surface area contributed by atoms with E-state index in [1.165, 1.54) is 43.2 Å². The van der Waals surface area contributed by atoms with Gasteiger partial charge in [0.1, 0.15) is 5.75 Å². The molecular weight excluding hydrogens is 316 g/mol. The van der Waals surface area contributed by atoms with Crippen molar-refractivity contribution < 1.29 is 4.74 Å². The van der Waals surface area contributed by atoms with Crippen LogP contribution in [0.25, 0.3) is 11.1 Å². The Morgan fingerprint density at radius 3 is 2.04 bits per heavy atom. The van der Waals surface area contributed by atoms with Gasteiger partial charge in [0.2, 0.25) is 0 Å². The van der Waals surface area contributed by atoms with Crippen molar-refractivity contribution >= 4 is 0 Å². The Morgan fingerprint density at radius 2 is 1.46 bits per heavy atom. The Balaban J connectivity index is 1.59. The van der Waals surface area contributed by atoms with Crippen LogP contribution in [-0.4, -0.2) is 6.61 Å². The van der Waals surface area contributed by atoms with Crippen LogP contribution >= 0.6 is 0 Å². The van der Waals surface area contributed by atoms with E-state index in [4.69, 9.17) is 4.74 Å². The van der Waals surface area contributed by atoms with Crippen molar-refractivity contribution in [1.82, 2.24) is 0 Å². The molecule has 0 heterocycles. The first-order chi connectivity index (χ1) is 12.8. The highest BCUT2D eigenvalue weighted by Crippen LogP contribution is 2.30. The molecule has 0 atom stereocenters. The van der Waals surface area contributed by atoms with Crippen LogP contribution in [0.2, 0.25) is 0 Å². The summed E-state index contributed by atoms with van der Waals surface area (Å²) in [5, 5.41) is 0. The van der Waals surface area contributed by atoms with E-state index < -0.39 is 0 Å². The lowest BCUT2D eigenvalue weighted by Gasteiger charge is -2.24. The van der Waals surface area contributed by atoms with E-state index in [0.717, 1.165) is 30.3 Å². The first-order valence-corrected chi connectivity index (χ1v) is 10.1. The number of rotatable bonds is 5. The van der Waals surface area contributed by atoms with Crippen LogP contribution in [0.1, 0.15) is 57.9 Å². The molecule has 0 bridgehead atoms. The normalized spacial score (nSPS) is 19.5. The fourth-order valence-electron chi connectivity index (χ4n) is 3.61. The van der Waals surface area contributed by atoms with Crippen LogP contribution in [0.15, 0.2) is 48.5 Å². The fraction of sp³-hybridized carbons (Fsp3) is 0.440. The van der Waals surface area contributed by atoms with Gasteiger partial charge in [-0.25, -0.2) is 0 Å². The average Bonchev–Trinajstić information content (AvgIpc) is 2.72. The highest BCUT2D eigenvalue weighted by atomic mass is 16.5. The second-order valence-electron chi connectivity index (χ2n) is 7.35. The number of hydrogen-bond donors (Lipinski definition) is 0. The molecule has 0 saturated heterocycles. The molecule has 1 aliphatic carbocycles. The molecule has 2 aromatic rings. The van der Waals surface area contributed by atoms with Gasteiger partial charge in [-0.1, -0.05) is 56.4 Å². The van der Waals surface area contributed by atoms with E-state index in [1.807, 2.05) is 12.1 Å². The van der Waals surface area contributed by atoms with Gasteiger partial charge in [-0.05, 0) is 73.4 Å². The van der Waals surface area contributed by atoms with Crippen LogP contribution in [0.4, 0.5) is 0 Å². The maximum atomic E-state index is 5.65. The predicted octanol–water partition coefficient (Wildman–Crippen LogP) is 6.71. The summed E-state index contributed by atoms with van der Waals surface area (Å²) in [5.41, 5.74) is 3.56. The van der Waals surface area contributed by atoms with Crippen LogP contribution in [0.3, 0.4) is 0 Å². The monoisotopic (exact) mass is 346 g/mol. The summed E-state index contributed by atoms with van der Waals surface area (Å²) in [4.78, 5) is 0. The maximum Gasteiger partial charge on any atom is 0.119 e. The third kappa shape index (κ3) is 5.15. The van der Waals surface area contributed by atoms with Gasteiger partial charge in [0.05, 0.1) is 6.61 Å². The van der Waals surface area contributed by atoms with E-state index in [0.29, 0.717) is 5.92 Å². The predicted molar refractivity (Wildman–Crippen MR) is 110 cm³/mol. The minimum absolute atomic E-state index is 0.591. The van der Waals surface area contributed by atoms with Crippen LogP contribution in [-0.2, 0) is 0 Å². The highest BCUT2D eigenvalue weighted by Gasteiger charge is 2.17. The number of benzene rings is 2. The second kappa shape index (κ2) is 9.48. The minimum Gasteiger partial charge on any atom is -0.494 e. The Hall–Kier alpha value is -2.20. The topological polar surface area (TPSA) is 9.23 Å². The van der Waals surface area contributed by atoms with E-state index in [1.54, 1.807) is 0 Å². The SMILES string of the molecule is CCCOc1ccc(-c2ccc(C#CC3CCC(CC)CC3)cc2)cc1. The smallest absolute Gasteiger partial charge is 0.119 e. The molecule has 1 saturated carbocycles. The summed E-state index contributed by atoms with van der Waals surface area (Å²) in [7, 11) is 0. The van der Waals surface area contributed by atoms with Crippen molar-refractivity contribution in [2.24, 2.45) is 11.8 Å². The Labute approximate surface area is 158 Å². The molecule has 1 aliphatic rings. The highest BCUT2D eigenvalue weighted by molar-refractivity contribution is 5.65. The Bertz CT molecular complexity index is 722. The summed E-state index contributed by atoms with van der Waals surface area (Å²) in [5.74, 6) is 9.36. The van der Waals surface area contributed by atoms with Crippen molar-refractivity contribution in [1.29, 1.82) is 0 Å². The van der Waals surface area contributed by atoms with Crippen LogP contribution in [0.5, 0.6) is 5.75 Å². The van der Waals surface area contributed by atoms with Gasteiger partial charge in [0.25, 0.3) is 0 Å². The van der Waals surface area contributed by atoms with E-state index in [2.05, 4.69) is 62.1 Å². The van der Waals surface area contributed by atoms with Gasteiger partial charge < -0.3 is 4.74 Å². The van der Waals surface area contributed by atoms with E-state index in [-0.39, 0.29) is 0 Å². The third-order valence-electron chi connectivity index (χ3n) is 5.39. The molecule has 136 valence electrons. The first kappa shape index (κ1) is 18.6. The molecule has 1 nitrogen and oxygen atoms in total. The molecule has 0 unspecified atom stereocenters. The number of hydrogen-bond acceptors (Lipinski definition) is 1. The van der Waals surface area contributed by atoms with Gasteiger partial charge in [0, 0.05) is 11.5 Å². The van der Waals surface area contributed by atoms with E-state index in [9.17, 15) is 0 Å². The zero-order chi connectivity index (χ0) is 18.2. The first-order valence-electron chi connectivity index (χ1n) is 10.1. The summed E-state index contributed by atoms with van der Waals surface area (Å²) in [6, 6.07) is 17.0. The molecule has 0 aliphatic heterocycles. The molecule has 0 amide bonds. The van der Waals surface area contributed by atoms with E-state index >= 15 is 0 Å². The van der Waals surface area contributed by atoms with Crippen molar-refractivity contribution in [2.75, 3.05) is 6.61 Å². The van der Waals surface area contributed by atoms with Crippen LogP contribution < -0.4 is 4.74 Å². The lowest BCUT2D eigenvalue weighted by Crippen LogP contribution is -2.12. The maximum absolute atomic E-state index is 5.65. The molecule has 0 aromatic heterocycles. The van der Waals surface area contributed by atoms with Crippen molar-refractivity contribution in [3.63, 3.8) is 0 Å². The van der Waals surface area contributed by atoms with Gasteiger partial charge in [-0.2, -0.15) is 0 Å². The zero-order valence-corrected chi connectivity index (χ0v) is 16.1. The molecule has 1 fully saturated rings. The zero-order valence-electron chi connectivity index (χ0n) is 16.1. The molecule has 2 aromatic carbocycles. The largest absolute Gasteiger partial charge is 0.494 e. The van der Waals surface area contributed by atoms with Gasteiger partial charge >= 0.3 is 0 Å². The third-order valence-corrected chi connectivity index (χ3v) is 5.39. The Kier molecular flexibility index (Phi) is 6.78. The molecule has 26 heavy (non-hydrogen) atoms. The van der Waals surface area contributed by atoms with Crippen LogP contribution in [0, 0.1) is 23.7 Å². The lowest BCUT2D eigenvalue weighted by atomic mass is 9.81. The molecule has 1 heteroatoms. The molecule has 0 N–H and O–H groups in total. The summed E-state index contributed by atoms with van der Waals surface area (Å²) >= 11 is 0. The molecule has 3 rings (SSSR count). The van der Waals surface area contributed by atoms with Gasteiger partial charge in [-0.3, -0.25) is 0 Å². The van der Waals surface area contributed by atoms with Gasteiger partial charge in [0.15, 0.2) is 0 Å². The summed E-state index contributed by atoms with van der Waals surface area (Å²) in [6.45, 7) is 5.20.